The van der Waals surface area contributed by atoms with Crippen LogP contribution in [0.25, 0.3) is 0 Å². The largest absolute Gasteiger partial charge is 0.352 e. The summed E-state index contributed by atoms with van der Waals surface area (Å²) in [6.07, 6.45) is 5.72. The first-order chi connectivity index (χ1) is 7.75. The number of hydrogen-bond donors (Lipinski definition) is 2. The summed E-state index contributed by atoms with van der Waals surface area (Å²) < 4.78 is 1.64. The van der Waals surface area contributed by atoms with Gasteiger partial charge in [0.25, 0.3) is 5.91 Å². The van der Waals surface area contributed by atoms with E-state index in [-0.39, 0.29) is 18.3 Å². The lowest BCUT2D eigenvalue weighted by molar-refractivity contribution is 0.0945. The lowest BCUT2D eigenvalue weighted by atomic mass is 10.00. The lowest BCUT2D eigenvalue weighted by Crippen LogP contribution is -2.38. The number of nitrogens with zero attached hydrogens (tertiary/aromatic N) is 2. The summed E-state index contributed by atoms with van der Waals surface area (Å²) in [4.78, 5) is 11.7. The molecule has 1 aliphatic heterocycles. The molecule has 1 unspecified atom stereocenters. The molecule has 0 aliphatic carbocycles. The summed E-state index contributed by atoms with van der Waals surface area (Å²) in [6.45, 7) is 2.86. The van der Waals surface area contributed by atoms with Crippen molar-refractivity contribution in [1.82, 2.24) is 20.4 Å². The Morgan fingerprint density at radius 3 is 3.12 bits per heavy atom. The van der Waals surface area contributed by atoms with E-state index in [1.807, 2.05) is 7.05 Å². The van der Waals surface area contributed by atoms with Crippen molar-refractivity contribution >= 4 is 18.3 Å². The van der Waals surface area contributed by atoms with Gasteiger partial charge in [0.05, 0.1) is 11.8 Å². The molecule has 17 heavy (non-hydrogen) atoms. The Bertz CT molecular complexity index is 360. The van der Waals surface area contributed by atoms with E-state index >= 15 is 0 Å². The zero-order chi connectivity index (χ0) is 11.4. The van der Waals surface area contributed by atoms with Gasteiger partial charge in [-0.1, -0.05) is 0 Å². The number of aromatic nitrogens is 2. The number of carbonyl (C=O) groups excluding carboxylic acids is 1. The van der Waals surface area contributed by atoms with Crippen molar-refractivity contribution in [2.24, 2.45) is 13.0 Å². The van der Waals surface area contributed by atoms with Gasteiger partial charge in [0.15, 0.2) is 0 Å². The van der Waals surface area contributed by atoms with Crippen LogP contribution in [0.5, 0.6) is 0 Å². The molecule has 1 aromatic heterocycles. The molecule has 0 spiro atoms. The predicted octanol–water partition coefficient (Wildman–Crippen LogP) is 0.571. The first kappa shape index (κ1) is 14.0. The zero-order valence-corrected chi connectivity index (χ0v) is 10.8. The van der Waals surface area contributed by atoms with Crippen molar-refractivity contribution < 1.29 is 4.79 Å². The van der Waals surface area contributed by atoms with Crippen LogP contribution in [0, 0.1) is 5.92 Å². The van der Waals surface area contributed by atoms with Crippen LogP contribution in [0.1, 0.15) is 23.2 Å². The highest BCUT2D eigenvalue weighted by Gasteiger charge is 2.14. The standard InChI is InChI=1S/C11H18N4O.ClH/c1-15-8-10(7-14-15)11(16)13-6-9-3-2-4-12-5-9;/h7-9,12H,2-6H2,1H3,(H,13,16);1H. The van der Waals surface area contributed by atoms with Crippen molar-refractivity contribution in [3.8, 4) is 0 Å². The van der Waals surface area contributed by atoms with E-state index in [0.29, 0.717) is 11.5 Å². The van der Waals surface area contributed by atoms with Gasteiger partial charge in [0.1, 0.15) is 0 Å². The van der Waals surface area contributed by atoms with E-state index in [2.05, 4.69) is 15.7 Å². The van der Waals surface area contributed by atoms with Crippen molar-refractivity contribution in [2.45, 2.75) is 12.8 Å². The third-order valence-electron chi connectivity index (χ3n) is 2.92. The highest BCUT2D eigenvalue weighted by Crippen LogP contribution is 2.08. The molecule has 1 atom stereocenters. The van der Waals surface area contributed by atoms with Gasteiger partial charge in [-0.25, -0.2) is 0 Å². The Kier molecular flexibility index (Phi) is 5.44. The molecule has 6 heteroatoms. The normalized spacial score (nSPS) is 19.5. The molecular weight excluding hydrogens is 240 g/mol. The van der Waals surface area contributed by atoms with Crippen LogP contribution in [0.3, 0.4) is 0 Å². The van der Waals surface area contributed by atoms with Gasteiger partial charge in [0, 0.05) is 19.8 Å². The summed E-state index contributed by atoms with van der Waals surface area (Å²) in [7, 11) is 1.81. The number of hydrogen-bond acceptors (Lipinski definition) is 3. The smallest absolute Gasteiger partial charge is 0.254 e. The fourth-order valence-electron chi connectivity index (χ4n) is 1.98. The Labute approximate surface area is 107 Å². The van der Waals surface area contributed by atoms with E-state index in [1.54, 1.807) is 17.1 Å². The van der Waals surface area contributed by atoms with Crippen molar-refractivity contribution in [3.05, 3.63) is 18.0 Å². The van der Waals surface area contributed by atoms with Crippen LogP contribution in [0.4, 0.5) is 0 Å². The van der Waals surface area contributed by atoms with E-state index < -0.39 is 0 Å². The number of amides is 1. The summed E-state index contributed by atoms with van der Waals surface area (Å²) in [6, 6.07) is 0. The number of halogens is 1. The number of carbonyl (C=O) groups is 1. The lowest BCUT2D eigenvalue weighted by Gasteiger charge is -2.22. The first-order valence-corrected chi connectivity index (χ1v) is 5.73. The summed E-state index contributed by atoms with van der Waals surface area (Å²) in [5.74, 6) is 0.535. The summed E-state index contributed by atoms with van der Waals surface area (Å²) >= 11 is 0. The Balaban J connectivity index is 0.00000144. The van der Waals surface area contributed by atoms with E-state index in [1.165, 1.54) is 12.8 Å². The molecule has 1 amide bonds. The predicted molar refractivity (Wildman–Crippen MR) is 68.4 cm³/mol. The number of piperidine rings is 1. The second kappa shape index (κ2) is 6.61. The molecular formula is C11H19ClN4O. The first-order valence-electron chi connectivity index (χ1n) is 5.73. The zero-order valence-electron chi connectivity index (χ0n) is 9.98. The SMILES string of the molecule is Cl.Cn1cc(C(=O)NCC2CCCNC2)cn1. The Hall–Kier alpha value is -1.07. The third-order valence-corrected chi connectivity index (χ3v) is 2.92. The summed E-state index contributed by atoms with van der Waals surface area (Å²) in [5.41, 5.74) is 0.631. The van der Waals surface area contributed by atoms with Gasteiger partial charge in [-0.2, -0.15) is 5.10 Å². The van der Waals surface area contributed by atoms with Gasteiger partial charge in [-0.05, 0) is 31.8 Å². The van der Waals surface area contributed by atoms with E-state index in [9.17, 15) is 4.79 Å². The second-order valence-corrected chi connectivity index (χ2v) is 4.33. The molecule has 2 heterocycles. The van der Waals surface area contributed by atoms with Crippen LogP contribution in [-0.2, 0) is 7.05 Å². The molecule has 96 valence electrons. The van der Waals surface area contributed by atoms with Gasteiger partial charge in [0.2, 0.25) is 0 Å². The molecule has 1 fully saturated rings. The molecule has 0 saturated carbocycles. The highest BCUT2D eigenvalue weighted by molar-refractivity contribution is 5.93. The van der Waals surface area contributed by atoms with E-state index in [4.69, 9.17) is 0 Å². The third kappa shape index (κ3) is 4.02. The monoisotopic (exact) mass is 258 g/mol. The molecule has 0 bridgehead atoms. The fourth-order valence-corrected chi connectivity index (χ4v) is 1.98. The van der Waals surface area contributed by atoms with Gasteiger partial charge in [-0.15, -0.1) is 12.4 Å². The molecule has 2 rings (SSSR count). The second-order valence-electron chi connectivity index (χ2n) is 4.33. The minimum absolute atomic E-state index is 0. The maximum atomic E-state index is 11.7. The van der Waals surface area contributed by atoms with Crippen molar-refractivity contribution in [2.75, 3.05) is 19.6 Å². The van der Waals surface area contributed by atoms with Crippen LogP contribution in [-0.4, -0.2) is 35.3 Å². The molecule has 1 saturated heterocycles. The molecule has 1 aromatic rings. The molecule has 2 N–H and O–H groups in total. The van der Waals surface area contributed by atoms with Gasteiger partial charge >= 0.3 is 0 Å². The average Bonchev–Trinajstić information content (AvgIpc) is 2.74. The van der Waals surface area contributed by atoms with Crippen LogP contribution >= 0.6 is 12.4 Å². The fraction of sp³-hybridized carbons (Fsp3) is 0.636. The minimum atomic E-state index is -0.0290. The maximum absolute atomic E-state index is 11.7. The average molecular weight is 259 g/mol. The maximum Gasteiger partial charge on any atom is 0.254 e. The van der Waals surface area contributed by atoms with Crippen LogP contribution < -0.4 is 10.6 Å². The summed E-state index contributed by atoms with van der Waals surface area (Å²) in [5, 5.41) is 10.3. The number of rotatable bonds is 3. The van der Waals surface area contributed by atoms with Crippen molar-refractivity contribution in [1.29, 1.82) is 0 Å². The topological polar surface area (TPSA) is 59.0 Å². The number of nitrogens with one attached hydrogen (secondary N) is 2. The van der Waals surface area contributed by atoms with Gasteiger partial charge < -0.3 is 10.6 Å². The number of aryl methyl sites for hydroxylation is 1. The quantitative estimate of drug-likeness (QED) is 0.834. The van der Waals surface area contributed by atoms with Crippen LogP contribution in [0.2, 0.25) is 0 Å². The van der Waals surface area contributed by atoms with E-state index in [0.717, 1.165) is 19.6 Å². The molecule has 1 aliphatic rings. The van der Waals surface area contributed by atoms with Gasteiger partial charge in [-0.3, -0.25) is 9.48 Å². The Morgan fingerprint density at radius 2 is 2.53 bits per heavy atom. The highest BCUT2D eigenvalue weighted by atomic mass is 35.5. The molecule has 5 nitrogen and oxygen atoms in total. The molecule has 0 radical (unpaired) electrons. The minimum Gasteiger partial charge on any atom is -0.352 e. The Morgan fingerprint density at radius 1 is 1.71 bits per heavy atom. The molecule has 0 aromatic carbocycles. The van der Waals surface area contributed by atoms with Crippen LogP contribution in [0.15, 0.2) is 12.4 Å². The van der Waals surface area contributed by atoms with Crippen molar-refractivity contribution in [3.63, 3.8) is 0 Å².